The summed E-state index contributed by atoms with van der Waals surface area (Å²) in [5.41, 5.74) is 6.82. The highest BCUT2D eigenvalue weighted by molar-refractivity contribution is 5.81. The second kappa shape index (κ2) is 12.4. The summed E-state index contributed by atoms with van der Waals surface area (Å²) in [6.45, 7) is 17.7. The van der Waals surface area contributed by atoms with Crippen LogP contribution in [0.2, 0.25) is 0 Å². The number of aryl methyl sites for hydroxylation is 2. The average molecular weight is 639 g/mol. The number of carboxylic acid groups (broad SMARTS) is 1. The maximum atomic E-state index is 12.8. The van der Waals surface area contributed by atoms with Crippen molar-refractivity contribution in [3.8, 4) is 28.1 Å². The molecule has 0 saturated carbocycles. The molecule has 6 bridgehead atoms. The third kappa shape index (κ3) is 6.64. The molecule has 0 radical (unpaired) electrons. The topological polar surface area (TPSA) is 98.4 Å². The number of piperidine rings is 1. The van der Waals surface area contributed by atoms with Gasteiger partial charge in [0.25, 0.3) is 0 Å². The molecule has 2 atom stereocenters. The van der Waals surface area contributed by atoms with E-state index in [1.165, 1.54) is 5.56 Å². The molecule has 3 aliphatic heterocycles. The molecule has 0 aliphatic carbocycles. The van der Waals surface area contributed by atoms with E-state index in [0.717, 1.165) is 46.5 Å². The molecule has 2 aromatic heterocycles. The first-order valence-electron chi connectivity index (χ1n) is 16.5. The first-order valence-corrected chi connectivity index (χ1v) is 16.5. The minimum atomic E-state index is -1.22. The van der Waals surface area contributed by atoms with E-state index in [-0.39, 0.29) is 11.7 Å². The number of benzene rings is 2. The number of anilines is 1. The van der Waals surface area contributed by atoms with Crippen LogP contribution in [0.4, 0.5) is 5.82 Å². The van der Waals surface area contributed by atoms with Gasteiger partial charge < -0.3 is 24.2 Å². The van der Waals surface area contributed by atoms with Gasteiger partial charge in [-0.1, -0.05) is 30.3 Å². The zero-order chi connectivity index (χ0) is 33.7. The summed E-state index contributed by atoms with van der Waals surface area (Å²) in [4.78, 5) is 19.9. The summed E-state index contributed by atoms with van der Waals surface area (Å²) in [6, 6.07) is 14.4. The minimum Gasteiger partial charge on any atom is -0.486 e. The predicted molar refractivity (Wildman–Crippen MR) is 184 cm³/mol. The maximum Gasteiger partial charge on any atom is 0.337 e. The molecule has 2 aromatic carbocycles. The Morgan fingerprint density at radius 3 is 2.51 bits per heavy atom. The fourth-order valence-electron chi connectivity index (χ4n) is 6.61. The van der Waals surface area contributed by atoms with Crippen molar-refractivity contribution >= 4 is 17.4 Å². The molecule has 9 nitrogen and oxygen atoms in total. The molecule has 1 fully saturated rings. The Morgan fingerprint density at radius 2 is 1.81 bits per heavy atom. The van der Waals surface area contributed by atoms with Crippen LogP contribution in [0.15, 0.2) is 54.6 Å². The zero-order valence-corrected chi connectivity index (χ0v) is 28.8. The minimum absolute atomic E-state index is 0.153. The number of ether oxygens (including phenoxy) is 3. The van der Waals surface area contributed by atoms with Crippen molar-refractivity contribution in [2.24, 2.45) is 0 Å². The van der Waals surface area contributed by atoms with Crippen LogP contribution in [-0.4, -0.2) is 62.7 Å². The molecule has 1 N–H and O–H groups in total. The second-order valence-electron chi connectivity index (χ2n) is 14.1. The van der Waals surface area contributed by atoms with Gasteiger partial charge in [0.05, 0.1) is 29.1 Å². The molecule has 5 heterocycles. The fourth-order valence-corrected chi connectivity index (χ4v) is 6.61. The zero-order valence-electron chi connectivity index (χ0n) is 28.8. The first-order chi connectivity index (χ1) is 22.2. The van der Waals surface area contributed by atoms with Gasteiger partial charge in [-0.15, -0.1) is 0 Å². The molecule has 7 rings (SSSR count). The van der Waals surface area contributed by atoms with Crippen LogP contribution < -0.4 is 9.64 Å². The average Bonchev–Trinajstić information content (AvgIpc) is 3.43. The molecule has 47 heavy (non-hydrogen) atoms. The van der Waals surface area contributed by atoms with Crippen LogP contribution in [0.1, 0.15) is 75.9 Å². The number of hydrogen-bond acceptors (Lipinski definition) is 7. The standard InChI is InChI=1S/C38H46N4O5/c1-23-14-15-30-32(25(23)3)28-13-9-12-27(21-28)29-22-31-39-26(4)33(34(36(43)44)47-37(5,6)7)35(42(31)40-29)41-18-16-38(8,17-19-41)45-20-10-11-24(2)46-30/h9-15,21-22,24,34H,16-20H2,1-8H3,(H,43,44)/t24-,34-/m0/s1. The fraction of sp³-hybridized carbons (Fsp3) is 0.447. The van der Waals surface area contributed by atoms with E-state index >= 15 is 0 Å². The van der Waals surface area contributed by atoms with Crippen molar-refractivity contribution < 1.29 is 24.1 Å². The number of aliphatic carboxylic acids is 1. The van der Waals surface area contributed by atoms with Gasteiger partial charge in [-0.05, 0) is 103 Å². The number of carboxylic acids is 1. The summed E-state index contributed by atoms with van der Waals surface area (Å²) in [7, 11) is 0. The SMILES string of the molecule is Cc1ccc2c(c1C)-c1cccc(c1)-c1cc3nc(C)c([C@H](OC(C)(C)C)C(=O)O)c(n3n1)N1CCC(C)(CC1)OCC=C[C@H](C)O2. The van der Waals surface area contributed by atoms with Crippen LogP contribution in [0, 0.1) is 20.8 Å². The number of rotatable bonds is 3. The lowest BCUT2D eigenvalue weighted by molar-refractivity contribution is -0.160. The van der Waals surface area contributed by atoms with Gasteiger partial charge in [0.2, 0.25) is 0 Å². The van der Waals surface area contributed by atoms with E-state index in [4.69, 9.17) is 24.3 Å². The van der Waals surface area contributed by atoms with Crippen LogP contribution >= 0.6 is 0 Å². The highest BCUT2D eigenvalue weighted by Crippen LogP contribution is 2.40. The quantitative estimate of drug-likeness (QED) is 0.229. The van der Waals surface area contributed by atoms with Crippen molar-refractivity contribution in [3.05, 3.63) is 77.0 Å². The second-order valence-corrected chi connectivity index (χ2v) is 14.1. The monoisotopic (exact) mass is 638 g/mol. The number of nitrogens with zero attached hydrogens (tertiary/aromatic N) is 4. The van der Waals surface area contributed by atoms with Crippen molar-refractivity contribution in [1.82, 2.24) is 14.6 Å². The largest absolute Gasteiger partial charge is 0.486 e. The van der Waals surface area contributed by atoms with Gasteiger partial charge in [-0.3, -0.25) is 0 Å². The van der Waals surface area contributed by atoms with Crippen LogP contribution in [0.3, 0.4) is 0 Å². The van der Waals surface area contributed by atoms with E-state index in [9.17, 15) is 9.90 Å². The first kappa shape index (κ1) is 32.7. The van der Waals surface area contributed by atoms with Gasteiger partial charge in [-0.25, -0.2) is 9.78 Å². The Kier molecular flexibility index (Phi) is 8.65. The molecule has 3 aliphatic rings. The number of fused-ring (bicyclic) bond motifs is 6. The molecular formula is C38H46N4O5. The predicted octanol–water partition coefficient (Wildman–Crippen LogP) is 7.64. The number of aromatic nitrogens is 3. The van der Waals surface area contributed by atoms with Gasteiger partial charge in [0.15, 0.2) is 11.8 Å². The molecule has 9 heteroatoms. The normalized spacial score (nSPS) is 20.8. The Hall–Kier alpha value is -4.21. The van der Waals surface area contributed by atoms with Crippen molar-refractivity contribution in [2.75, 3.05) is 24.6 Å². The van der Waals surface area contributed by atoms with Gasteiger partial charge in [0.1, 0.15) is 17.7 Å². The lowest BCUT2D eigenvalue weighted by atomic mass is 9.92. The summed E-state index contributed by atoms with van der Waals surface area (Å²) < 4.78 is 21.0. The molecular weight excluding hydrogens is 592 g/mol. The summed E-state index contributed by atoms with van der Waals surface area (Å²) in [5.74, 6) is 0.455. The Labute approximate surface area is 277 Å². The van der Waals surface area contributed by atoms with E-state index in [2.05, 4.69) is 49.9 Å². The molecule has 4 aromatic rings. The van der Waals surface area contributed by atoms with Crippen LogP contribution in [0.5, 0.6) is 5.75 Å². The highest BCUT2D eigenvalue weighted by Gasteiger charge is 2.38. The van der Waals surface area contributed by atoms with Crippen molar-refractivity contribution in [3.63, 3.8) is 0 Å². The summed E-state index contributed by atoms with van der Waals surface area (Å²) in [6.07, 6.45) is 4.24. The van der Waals surface area contributed by atoms with Gasteiger partial charge in [0, 0.05) is 36.0 Å². The number of carbonyl (C=O) groups is 1. The maximum absolute atomic E-state index is 12.8. The van der Waals surface area contributed by atoms with E-state index < -0.39 is 17.7 Å². The summed E-state index contributed by atoms with van der Waals surface area (Å²) in [5, 5.41) is 15.6. The van der Waals surface area contributed by atoms with Crippen molar-refractivity contribution in [2.45, 2.75) is 91.6 Å². The number of hydrogen-bond donors (Lipinski definition) is 1. The van der Waals surface area contributed by atoms with Gasteiger partial charge in [-0.2, -0.15) is 9.61 Å². The third-order valence-corrected chi connectivity index (χ3v) is 9.28. The molecule has 1 saturated heterocycles. The van der Waals surface area contributed by atoms with Gasteiger partial charge >= 0.3 is 5.97 Å². The van der Waals surface area contributed by atoms with E-state index in [1.807, 2.05) is 65.0 Å². The Balaban J connectivity index is 1.58. The third-order valence-electron chi connectivity index (χ3n) is 9.28. The van der Waals surface area contributed by atoms with Crippen molar-refractivity contribution in [1.29, 1.82) is 0 Å². The van der Waals surface area contributed by atoms with E-state index in [0.29, 0.717) is 42.4 Å². The lowest BCUT2D eigenvalue weighted by Crippen LogP contribution is -2.45. The Morgan fingerprint density at radius 1 is 1.09 bits per heavy atom. The molecule has 0 amide bonds. The summed E-state index contributed by atoms with van der Waals surface area (Å²) >= 11 is 0. The molecule has 248 valence electrons. The smallest absolute Gasteiger partial charge is 0.337 e. The molecule has 0 unspecified atom stereocenters. The molecule has 0 spiro atoms. The van der Waals surface area contributed by atoms with Crippen LogP contribution in [0.25, 0.3) is 28.0 Å². The lowest BCUT2D eigenvalue weighted by Gasteiger charge is -2.41. The highest BCUT2D eigenvalue weighted by atomic mass is 16.5. The van der Waals surface area contributed by atoms with Crippen LogP contribution in [-0.2, 0) is 14.3 Å². The Bertz CT molecular complexity index is 1850. The van der Waals surface area contributed by atoms with E-state index in [1.54, 1.807) is 4.52 Å².